The van der Waals surface area contributed by atoms with Gasteiger partial charge in [-0.1, -0.05) is 0 Å². The monoisotopic (exact) mass is 384 g/mol. The van der Waals surface area contributed by atoms with Gasteiger partial charge in [-0.25, -0.2) is 4.79 Å². The number of aliphatic imine (C=N–C) groups is 1. The van der Waals surface area contributed by atoms with E-state index in [0.29, 0.717) is 12.6 Å². The third-order valence-corrected chi connectivity index (χ3v) is 4.33. The maximum Gasteiger partial charge on any atom is 0.407 e. The summed E-state index contributed by atoms with van der Waals surface area (Å²) < 4.78 is 5.22. The molecule has 1 aliphatic heterocycles. The van der Waals surface area contributed by atoms with Crippen molar-refractivity contribution in [2.24, 2.45) is 4.99 Å². The van der Waals surface area contributed by atoms with Gasteiger partial charge in [0.2, 0.25) is 0 Å². The Morgan fingerprint density at radius 2 is 1.74 bits per heavy atom. The zero-order chi connectivity index (χ0) is 20.3. The fourth-order valence-corrected chi connectivity index (χ4v) is 2.74. The Hall–Kier alpha value is -1.54. The molecule has 3 N–H and O–H groups in total. The van der Waals surface area contributed by atoms with E-state index < -0.39 is 5.60 Å². The van der Waals surface area contributed by atoms with E-state index in [1.165, 1.54) is 0 Å². The van der Waals surface area contributed by atoms with Crippen LogP contribution in [0.25, 0.3) is 0 Å². The second-order valence-corrected chi connectivity index (χ2v) is 8.12. The number of carbonyl (C=O) groups excluding carboxylic acids is 1. The first-order valence-electron chi connectivity index (χ1n) is 10.1. The quantitative estimate of drug-likeness (QED) is 0.330. The number of ether oxygens (including phenoxy) is 1. The van der Waals surface area contributed by atoms with Gasteiger partial charge >= 0.3 is 6.09 Å². The molecule has 1 unspecified atom stereocenters. The lowest BCUT2D eigenvalue weighted by atomic mass is 10.2. The van der Waals surface area contributed by atoms with Gasteiger partial charge in [-0.3, -0.25) is 9.89 Å². The Kier molecular flexibility index (Phi) is 10.5. The summed E-state index contributed by atoms with van der Waals surface area (Å²) in [6.45, 7) is 17.2. The minimum Gasteiger partial charge on any atom is -0.444 e. The summed E-state index contributed by atoms with van der Waals surface area (Å²) in [6, 6.07) is 0.433. The van der Waals surface area contributed by atoms with Gasteiger partial charge in [0.25, 0.3) is 0 Å². The Balaban J connectivity index is 2.28. The highest BCUT2D eigenvalue weighted by molar-refractivity contribution is 5.79. The molecule has 0 aromatic rings. The van der Waals surface area contributed by atoms with Crippen molar-refractivity contribution in [3.8, 4) is 0 Å². The summed E-state index contributed by atoms with van der Waals surface area (Å²) in [5, 5.41) is 9.38. The summed E-state index contributed by atoms with van der Waals surface area (Å²) in [5.74, 6) is 0.829. The van der Waals surface area contributed by atoms with Gasteiger partial charge in [-0.15, -0.1) is 0 Å². The number of amides is 1. The molecule has 0 aromatic carbocycles. The lowest BCUT2D eigenvalue weighted by Gasteiger charge is -2.35. The van der Waals surface area contributed by atoms with Crippen molar-refractivity contribution in [2.45, 2.75) is 52.7 Å². The van der Waals surface area contributed by atoms with E-state index >= 15 is 0 Å². The van der Waals surface area contributed by atoms with Crippen LogP contribution in [-0.4, -0.2) is 92.9 Å². The first kappa shape index (κ1) is 23.5. The van der Waals surface area contributed by atoms with Crippen LogP contribution in [-0.2, 0) is 4.74 Å². The molecule has 1 rings (SSSR count). The Morgan fingerprint density at radius 1 is 1.11 bits per heavy atom. The Morgan fingerprint density at radius 3 is 2.33 bits per heavy atom. The number of guanidine groups is 1. The van der Waals surface area contributed by atoms with Crippen molar-refractivity contribution in [3.05, 3.63) is 0 Å². The number of nitrogens with zero attached hydrogens (tertiary/aromatic N) is 3. The average Bonchev–Trinajstić information content (AvgIpc) is 2.58. The Labute approximate surface area is 165 Å². The fourth-order valence-electron chi connectivity index (χ4n) is 2.74. The Bertz CT molecular complexity index is 456. The standard InChI is InChI=1S/C19H40N6O2/c1-7-20-17(21-9-8-10-22-18(26)27-19(3,4)5)23-15-16(2)25-13-11-24(6)12-14-25/h16H,7-15H2,1-6H3,(H,22,26)(H2,20,21,23). The molecule has 8 nitrogen and oxygen atoms in total. The van der Waals surface area contributed by atoms with Crippen LogP contribution in [0.3, 0.4) is 0 Å². The second-order valence-electron chi connectivity index (χ2n) is 8.12. The lowest BCUT2D eigenvalue weighted by Crippen LogP contribution is -2.49. The topological polar surface area (TPSA) is 81.2 Å². The smallest absolute Gasteiger partial charge is 0.407 e. The van der Waals surface area contributed by atoms with Crippen LogP contribution in [0.1, 0.15) is 41.0 Å². The molecule has 0 spiro atoms. The molecular formula is C19H40N6O2. The fraction of sp³-hybridized carbons (Fsp3) is 0.895. The van der Waals surface area contributed by atoms with E-state index in [9.17, 15) is 4.79 Å². The highest BCUT2D eigenvalue weighted by atomic mass is 16.6. The zero-order valence-corrected chi connectivity index (χ0v) is 18.1. The summed E-state index contributed by atoms with van der Waals surface area (Å²) in [5.41, 5.74) is -0.465. The van der Waals surface area contributed by atoms with Gasteiger partial charge in [-0.2, -0.15) is 0 Å². The molecular weight excluding hydrogens is 344 g/mol. The molecule has 1 saturated heterocycles. The highest BCUT2D eigenvalue weighted by Gasteiger charge is 2.19. The molecule has 0 saturated carbocycles. The first-order valence-corrected chi connectivity index (χ1v) is 10.1. The molecule has 0 aliphatic carbocycles. The van der Waals surface area contributed by atoms with Crippen LogP contribution >= 0.6 is 0 Å². The molecule has 8 heteroatoms. The van der Waals surface area contributed by atoms with Crippen LogP contribution in [0.4, 0.5) is 4.79 Å². The van der Waals surface area contributed by atoms with E-state index in [4.69, 9.17) is 9.73 Å². The first-order chi connectivity index (χ1) is 12.7. The van der Waals surface area contributed by atoms with Crippen molar-refractivity contribution in [2.75, 3.05) is 59.4 Å². The predicted molar refractivity (Wildman–Crippen MR) is 111 cm³/mol. The average molecular weight is 385 g/mol. The molecule has 27 heavy (non-hydrogen) atoms. The molecule has 0 radical (unpaired) electrons. The van der Waals surface area contributed by atoms with Crippen LogP contribution in [0.5, 0.6) is 0 Å². The van der Waals surface area contributed by atoms with Crippen molar-refractivity contribution in [1.29, 1.82) is 0 Å². The summed E-state index contributed by atoms with van der Waals surface area (Å²) in [6.07, 6.45) is 0.432. The van der Waals surface area contributed by atoms with Crippen molar-refractivity contribution < 1.29 is 9.53 Å². The third kappa shape index (κ3) is 11.0. The molecule has 158 valence electrons. The summed E-state index contributed by atoms with van der Waals surface area (Å²) in [7, 11) is 2.17. The number of rotatable bonds is 8. The molecule has 1 aliphatic rings. The maximum atomic E-state index is 11.6. The number of hydrogen-bond donors (Lipinski definition) is 3. The van der Waals surface area contributed by atoms with Crippen LogP contribution in [0.2, 0.25) is 0 Å². The molecule has 0 bridgehead atoms. The van der Waals surface area contributed by atoms with Crippen molar-refractivity contribution in [3.63, 3.8) is 0 Å². The predicted octanol–water partition coefficient (Wildman–Crippen LogP) is 1.09. The normalized spacial score (nSPS) is 18.1. The number of alkyl carbamates (subject to hydrolysis) is 1. The van der Waals surface area contributed by atoms with Crippen molar-refractivity contribution in [1.82, 2.24) is 25.8 Å². The van der Waals surface area contributed by atoms with E-state index in [1.54, 1.807) is 0 Å². The number of carbonyl (C=O) groups is 1. The van der Waals surface area contributed by atoms with E-state index in [-0.39, 0.29) is 6.09 Å². The number of likely N-dealkylation sites (N-methyl/N-ethyl adjacent to an activating group) is 1. The van der Waals surface area contributed by atoms with Gasteiger partial charge in [0.05, 0.1) is 6.54 Å². The van der Waals surface area contributed by atoms with Crippen molar-refractivity contribution >= 4 is 12.1 Å². The highest BCUT2D eigenvalue weighted by Crippen LogP contribution is 2.06. The lowest BCUT2D eigenvalue weighted by molar-refractivity contribution is 0.0527. The minimum atomic E-state index is -0.465. The maximum absolute atomic E-state index is 11.6. The zero-order valence-electron chi connectivity index (χ0n) is 18.1. The van der Waals surface area contributed by atoms with Gasteiger partial charge in [-0.05, 0) is 48.1 Å². The van der Waals surface area contributed by atoms with Gasteiger partial charge in [0.15, 0.2) is 5.96 Å². The SMILES string of the molecule is CCNC(=NCC(C)N1CCN(C)CC1)NCCCNC(=O)OC(C)(C)C. The molecule has 1 atom stereocenters. The minimum absolute atomic E-state index is 0.371. The molecule has 1 amide bonds. The largest absolute Gasteiger partial charge is 0.444 e. The third-order valence-electron chi connectivity index (χ3n) is 4.33. The van der Waals surface area contributed by atoms with Gasteiger partial charge in [0.1, 0.15) is 5.60 Å². The van der Waals surface area contributed by atoms with Crippen LogP contribution in [0.15, 0.2) is 4.99 Å². The van der Waals surface area contributed by atoms with Crippen LogP contribution < -0.4 is 16.0 Å². The van der Waals surface area contributed by atoms with Crippen LogP contribution in [0, 0.1) is 0 Å². The number of nitrogens with one attached hydrogen (secondary N) is 3. The number of hydrogen-bond acceptors (Lipinski definition) is 5. The van der Waals surface area contributed by atoms with Gasteiger partial charge < -0.3 is 25.6 Å². The van der Waals surface area contributed by atoms with Gasteiger partial charge in [0, 0.05) is 51.9 Å². The molecule has 0 aromatic heterocycles. The molecule has 1 fully saturated rings. The summed E-state index contributed by atoms with van der Waals surface area (Å²) in [4.78, 5) is 21.2. The van der Waals surface area contributed by atoms with E-state index in [0.717, 1.165) is 58.2 Å². The second kappa shape index (κ2) is 12.0. The molecule has 1 heterocycles. The summed E-state index contributed by atoms with van der Waals surface area (Å²) >= 11 is 0. The number of piperazine rings is 1. The van der Waals surface area contributed by atoms with E-state index in [1.807, 2.05) is 20.8 Å². The van der Waals surface area contributed by atoms with E-state index in [2.05, 4.69) is 46.6 Å².